The summed E-state index contributed by atoms with van der Waals surface area (Å²) in [6.07, 6.45) is 5.27. The molecule has 16 heavy (non-hydrogen) atoms. The number of hydrogen-bond donors (Lipinski definition) is 0. The van der Waals surface area contributed by atoms with E-state index >= 15 is 0 Å². The first kappa shape index (κ1) is 12.7. The molecule has 0 aliphatic carbocycles. The summed E-state index contributed by atoms with van der Waals surface area (Å²) in [5.41, 5.74) is 4.00. The van der Waals surface area contributed by atoms with Gasteiger partial charge in [-0.3, -0.25) is 4.79 Å². The summed E-state index contributed by atoms with van der Waals surface area (Å²) in [7, 11) is 0. The lowest BCUT2D eigenvalue weighted by Crippen LogP contribution is -2.09. The highest BCUT2D eigenvalue weighted by Gasteiger charge is 2.11. The van der Waals surface area contributed by atoms with Crippen molar-refractivity contribution < 1.29 is 4.79 Å². The Bertz CT molecular complexity index is 394. The molecular formula is C15H20O. The van der Waals surface area contributed by atoms with Gasteiger partial charge in [0.1, 0.15) is 6.29 Å². The number of aryl methyl sites for hydroxylation is 1. The summed E-state index contributed by atoms with van der Waals surface area (Å²) in [4.78, 5) is 10.3. The average molecular weight is 216 g/mol. The minimum absolute atomic E-state index is 0.312. The Balaban J connectivity index is 2.91. The first-order chi connectivity index (χ1) is 7.42. The van der Waals surface area contributed by atoms with Crippen LogP contribution in [0, 0.1) is 12.3 Å². The maximum Gasteiger partial charge on any atom is 0.142 e. The van der Waals surface area contributed by atoms with Crippen molar-refractivity contribution in [2.75, 3.05) is 0 Å². The minimum atomic E-state index is 0.312. The third kappa shape index (κ3) is 4.01. The normalized spacial score (nSPS) is 12.0. The van der Waals surface area contributed by atoms with Gasteiger partial charge in [0.2, 0.25) is 0 Å². The molecule has 0 amide bonds. The zero-order valence-corrected chi connectivity index (χ0v) is 10.6. The Labute approximate surface area is 98.2 Å². The first-order valence-corrected chi connectivity index (χ1v) is 5.64. The lowest BCUT2D eigenvalue weighted by molar-refractivity contribution is -0.104. The van der Waals surface area contributed by atoms with Crippen molar-refractivity contribution in [3.63, 3.8) is 0 Å². The molecule has 1 nitrogen and oxygen atoms in total. The van der Waals surface area contributed by atoms with Crippen LogP contribution in [0.4, 0.5) is 0 Å². The summed E-state index contributed by atoms with van der Waals surface area (Å²) < 4.78 is 0. The van der Waals surface area contributed by atoms with E-state index in [1.807, 2.05) is 6.08 Å². The Morgan fingerprint density at radius 2 is 1.94 bits per heavy atom. The van der Waals surface area contributed by atoms with Gasteiger partial charge in [0.05, 0.1) is 0 Å². The molecule has 0 bridgehead atoms. The highest BCUT2D eigenvalue weighted by molar-refractivity contribution is 5.74. The SMILES string of the molecule is Cc1cc(CC(C)(C)C)ccc1/C=C/C=O. The van der Waals surface area contributed by atoms with E-state index < -0.39 is 0 Å². The van der Waals surface area contributed by atoms with Gasteiger partial charge < -0.3 is 0 Å². The van der Waals surface area contributed by atoms with Gasteiger partial charge in [0.25, 0.3) is 0 Å². The molecule has 1 aromatic rings. The molecule has 0 spiro atoms. The van der Waals surface area contributed by atoms with E-state index in [9.17, 15) is 4.79 Å². The number of allylic oxidation sites excluding steroid dienone is 1. The molecule has 1 aromatic carbocycles. The molecular weight excluding hydrogens is 196 g/mol. The van der Waals surface area contributed by atoms with Crippen molar-refractivity contribution in [2.24, 2.45) is 5.41 Å². The van der Waals surface area contributed by atoms with Crippen LogP contribution in [0.25, 0.3) is 6.08 Å². The lowest BCUT2D eigenvalue weighted by Gasteiger charge is -2.18. The second-order valence-corrected chi connectivity index (χ2v) is 5.42. The average Bonchev–Trinajstić information content (AvgIpc) is 2.14. The zero-order valence-electron chi connectivity index (χ0n) is 10.6. The summed E-state index contributed by atoms with van der Waals surface area (Å²) >= 11 is 0. The molecule has 0 heterocycles. The predicted octanol–water partition coefficient (Wildman–Crippen LogP) is 3.80. The second kappa shape index (κ2) is 5.11. The molecule has 0 saturated heterocycles. The van der Waals surface area contributed by atoms with Gasteiger partial charge in [-0.25, -0.2) is 0 Å². The van der Waals surface area contributed by atoms with Crippen LogP contribution in [0.15, 0.2) is 24.3 Å². The monoisotopic (exact) mass is 216 g/mol. The fourth-order valence-electron chi connectivity index (χ4n) is 1.79. The Morgan fingerprint density at radius 3 is 2.44 bits per heavy atom. The number of rotatable bonds is 3. The van der Waals surface area contributed by atoms with E-state index in [-0.39, 0.29) is 0 Å². The van der Waals surface area contributed by atoms with Gasteiger partial charge in [0, 0.05) is 0 Å². The fourth-order valence-corrected chi connectivity index (χ4v) is 1.79. The van der Waals surface area contributed by atoms with Crippen molar-refractivity contribution in [1.29, 1.82) is 0 Å². The van der Waals surface area contributed by atoms with Crippen LogP contribution >= 0.6 is 0 Å². The molecule has 0 aliphatic heterocycles. The molecule has 0 unspecified atom stereocenters. The van der Waals surface area contributed by atoms with E-state index in [0.717, 1.165) is 18.3 Å². The standard InChI is InChI=1S/C15H20O/c1-12-10-13(11-15(2,3)4)7-8-14(12)6-5-9-16/h5-10H,11H2,1-4H3/b6-5+. The molecule has 1 heteroatoms. The third-order valence-electron chi connectivity index (χ3n) is 2.42. The van der Waals surface area contributed by atoms with E-state index in [1.165, 1.54) is 17.2 Å². The number of carbonyl (C=O) groups is 1. The Morgan fingerprint density at radius 1 is 1.25 bits per heavy atom. The third-order valence-corrected chi connectivity index (χ3v) is 2.42. The van der Waals surface area contributed by atoms with E-state index in [1.54, 1.807) is 0 Å². The van der Waals surface area contributed by atoms with Crippen LogP contribution in [-0.2, 0) is 11.2 Å². The molecule has 0 atom stereocenters. The van der Waals surface area contributed by atoms with Crippen LogP contribution in [0.1, 0.15) is 37.5 Å². The highest BCUT2D eigenvalue weighted by atomic mass is 16.1. The summed E-state index contributed by atoms with van der Waals surface area (Å²) in [5.74, 6) is 0. The second-order valence-electron chi connectivity index (χ2n) is 5.42. The van der Waals surface area contributed by atoms with Crippen molar-refractivity contribution in [1.82, 2.24) is 0 Å². The fraction of sp³-hybridized carbons (Fsp3) is 0.400. The molecule has 1 rings (SSSR count). The van der Waals surface area contributed by atoms with Crippen LogP contribution in [0.5, 0.6) is 0 Å². The van der Waals surface area contributed by atoms with Crippen LogP contribution in [0.2, 0.25) is 0 Å². The maximum atomic E-state index is 10.3. The first-order valence-electron chi connectivity index (χ1n) is 5.64. The molecule has 0 radical (unpaired) electrons. The van der Waals surface area contributed by atoms with Gasteiger partial charge in [-0.2, -0.15) is 0 Å². The molecule has 0 aliphatic rings. The van der Waals surface area contributed by atoms with E-state index in [4.69, 9.17) is 0 Å². The largest absolute Gasteiger partial charge is 0.299 e. The van der Waals surface area contributed by atoms with Crippen molar-refractivity contribution in [3.8, 4) is 0 Å². The number of hydrogen-bond acceptors (Lipinski definition) is 1. The summed E-state index contributed by atoms with van der Waals surface area (Å²) in [6.45, 7) is 8.80. The number of benzene rings is 1. The van der Waals surface area contributed by atoms with Crippen molar-refractivity contribution in [3.05, 3.63) is 41.0 Å². The highest BCUT2D eigenvalue weighted by Crippen LogP contribution is 2.22. The van der Waals surface area contributed by atoms with Crippen molar-refractivity contribution >= 4 is 12.4 Å². The molecule has 0 aromatic heterocycles. The lowest BCUT2D eigenvalue weighted by atomic mass is 9.87. The smallest absolute Gasteiger partial charge is 0.142 e. The quantitative estimate of drug-likeness (QED) is 0.555. The summed E-state index contributed by atoms with van der Waals surface area (Å²) in [5, 5.41) is 0. The number of carbonyl (C=O) groups excluding carboxylic acids is 1. The van der Waals surface area contributed by atoms with Crippen LogP contribution in [-0.4, -0.2) is 6.29 Å². The van der Waals surface area contributed by atoms with Crippen LogP contribution < -0.4 is 0 Å². The summed E-state index contributed by atoms with van der Waals surface area (Å²) in [6, 6.07) is 6.43. The minimum Gasteiger partial charge on any atom is -0.299 e. The van der Waals surface area contributed by atoms with E-state index in [2.05, 4.69) is 45.9 Å². The van der Waals surface area contributed by atoms with E-state index in [0.29, 0.717) is 5.41 Å². The molecule has 0 saturated carbocycles. The van der Waals surface area contributed by atoms with Gasteiger partial charge in [-0.05, 0) is 41.5 Å². The van der Waals surface area contributed by atoms with Gasteiger partial charge >= 0.3 is 0 Å². The number of aldehydes is 1. The molecule has 0 N–H and O–H groups in total. The van der Waals surface area contributed by atoms with Crippen molar-refractivity contribution in [2.45, 2.75) is 34.1 Å². The zero-order chi connectivity index (χ0) is 12.2. The Hall–Kier alpha value is -1.37. The maximum absolute atomic E-state index is 10.3. The van der Waals surface area contributed by atoms with Crippen LogP contribution in [0.3, 0.4) is 0 Å². The topological polar surface area (TPSA) is 17.1 Å². The predicted molar refractivity (Wildman–Crippen MR) is 69.4 cm³/mol. The van der Waals surface area contributed by atoms with Gasteiger partial charge in [-0.1, -0.05) is 45.0 Å². The molecule has 0 fully saturated rings. The van der Waals surface area contributed by atoms with Gasteiger partial charge in [0.15, 0.2) is 0 Å². The van der Waals surface area contributed by atoms with Gasteiger partial charge in [-0.15, -0.1) is 0 Å². The Kier molecular flexibility index (Phi) is 4.05. The molecule has 86 valence electrons.